The Kier molecular flexibility index (Phi) is 9.70. The Bertz CT molecular complexity index is 1940. The van der Waals surface area contributed by atoms with E-state index in [9.17, 15) is 31.2 Å². The number of esters is 1. The van der Waals surface area contributed by atoms with Gasteiger partial charge in [0.2, 0.25) is 0 Å². The van der Waals surface area contributed by atoms with Crippen molar-refractivity contribution in [1.82, 2.24) is 4.57 Å². The number of benzene rings is 2. The van der Waals surface area contributed by atoms with Crippen LogP contribution < -0.4 is 28.8 Å². The molecule has 0 N–H and O–H groups in total. The van der Waals surface area contributed by atoms with E-state index in [0.717, 1.165) is 11.7 Å². The third-order valence-corrected chi connectivity index (χ3v) is 7.54. The third-order valence-electron chi connectivity index (χ3n) is 6.58. The number of methoxy groups -OCH3 is 3. The first-order valence-corrected chi connectivity index (χ1v) is 15.2. The van der Waals surface area contributed by atoms with Crippen molar-refractivity contribution in [3.05, 3.63) is 52.0 Å². The maximum absolute atomic E-state index is 13.6. The Morgan fingerprint density at radius 3 is 2.07 bits per heavy atom. The number of alkyl halides is 3. The van der Waals surface area contributed by atoms with Crippen molar-refractivity contribution in [2.24, 2.45) is 0 Å². The van der Waals surface area contributed by atoms with Crippen molar-refractivity contribution >= 4 is 38.0 Å². The number of fused-ring (bicyclic) bond motifs is 3. The summed E-state index contributed by atoms with van der Waals surface area (Å²) in [4.78, 5) is 26.7. The molecule has 250 valence electrons. The van der Waals surface area contributed by atoms with Crippen LogP contribution >= 0.6 is 0 Å². The second kappa shape index (κ2) is 13.0. The second-order valence-electron chi connectivity index (χ2n) is 10.5. The Hall–Kier alpha value is -4.60. The number of hydrogen-bond acceptors (Lipinski definition) is 11. The van der Waals surface area contributed by atoms with Gasteiger partial charge in [-0.3, -0.25) is 0 Å². The molecule has 0 unspecified atom stereocenters. The lowest BCUT2D eigenvalue weighted by Crippen LogP contribution is -2.28. The fourth-order valence-corrected chi connectivity index (χ4v) is 5.23. The number of aryl methyl sites for hydroxylation is 2. The van der Waals surface area contributed by atoms with Gasteiger partial charge in [0.05, 0.1) is 38.9 Å². The van der Waals surface area contributed by atoms with E-state index >= 15 is 0 Å². The molecule has 4 aromatic rings. The molecule has 0 aliphatic carbocycles. The van der Waals surface area contributed by atoms with Crippen LogP contribution in [0.15, 0.2) is 39.5 Å². The molecular formula is C30H32F3NO11S. The summed E-state index contributed by atoms with van der Waals surface area (Å²) >= 11 is 0. The van der Waals surface area contributed by atoms with Gasteiger partial charge in [-0.25, -0.2) is 9.59 Å². The molecule has 0 aliphatic heterocycles. The predicted octanol–water partition coefficient (Wildman–Crippen LogP) is 5.60. The molecule has 0 fully saturated rings. The van der Waals surface area contributed by atoms with Crippen LogP contribution in [-0.4, -0.2) is 58.0 Å². The lowest BCUT2D eigenvalue weighted by molar-refractivity contribution is -0.0500. The SMILES string of the molecule is COC(=O)c1c(OS(=O)(=O)C(F)(F)F)c2c3cc(OC)c(OC(C)C)cc3oc(=O)c2n1CCc1ccc(OC)c(OC(C)C)c1. The van der Waals surface area contributed by atoms with Gasteiger partial charge in [-0.1, -0.05) is 6.07 Å². The topological polar surface area (TPSA) is 142 Å². The highest BCUT2D eigenvalue weighted by molar-refractivity contribution is 7.88. The number of carbonyl (C=O) groups excluding carboxylic acids is 1. The van der Waals surface area contributed by atoms with Gasteiger partial charge < -0.3 is 36.9 Å². The molecule has 0 aliphatic rings. The maximum atomic E-state index is 13.6. The van der Waals surface area contributed by atoms with Crippen molar-refractivity contribution < 1.29 is 58.7 Å². The van der Waals surface area contributed by atoms with Gasteiger partial charge in [-0.2, -0.15) is 21.6 Å². The van der Waals surface area contributed by atoms with Crippen LogP contribution in [0, 0.1) is 0 Å². The molecule has 0 atom stereocenters. The monoisotopic (exact) mass is 671 g/mol. The second-order valence-corrected chi connectivity index (χ2v) is 12.0. The fraction of sp³-hybridized carbons (Fsp3) is 0.400. The minimum atomic E-state index is -6.35. The van der Waals surface area contributed by atoms with Crippen molar-refractivity contribution in [3.8, 4) is 28.7 Å². The molecule has 0 saturated carbocycles. The quantitative estimate of drug-likeness (QED) is 0.0805. The average Bonchev–Trinajstić information content (AvgIpc) is 3.28. The van der Waals surface area contributed by atoms with E-state index in [1.54, 1.807) is 32.0 Å². The Balaban J connectivity index is 2.05. The summed E-state index contributed by atoms with van der Waals surface area (Å²) < 4.78 is 104. The van der Waals surface area contributed by atoms with Gasteiger partial charge in [0.15, 0.2) is 34.4 Å². The van der Waals surface area contributed by atoms with E-state index in [4.69, 9.17) is 28.1 Å². The molecule has 2 aromatic carbocycles. The van der Waals surface area contributed by atoms with E-state index < -0.39 is 49.6 Å². The van der Waals surface area contributed by atoms with Gasteiger partial charge in [-0.15, -0.1) is 0 Å². The number of ether oxygens (including phenoxy) is 5. The standard InChI is InChI=1S/C30H32F3NO11S/c1-15(2)42-22-12-17(8-9-19(22)39-5)10-11-34-25-24(27(26(34)28(35)41-7)45-46(37,38)30(31,32)33)18-13-21(40-6)23(43-16(3)4)14-20(18)44-29(25)36/h8-9,12-16H,10-11H2,1-7H3. The van der Waals surface area contributed by atoms with Crippen LogP contribution in [0.5, 0.6) is 28.7 Å². The van der Waals surface area contributed by atoms with E-state index in [1.807, 2.05) is 13.8 Å². The van der Waals surface area contributed by atoms with Crippen molar-refractivity contribution in [3.63, 3.8) is 0 Å². The van der Waals surface area contributed by atoms with Crippen molar-refractivity contribution in [1.29, 1.82) is 0 Å². The van der Waals surface area contributed by atoms with Crippen LogP contribution in [0.2, 0.25) is 0 Å². The van der Waals surface area contributed by atoms with Crippen LogP contribution in [0.4, 0.5) is 13.2 Å². The Morgan fingerprint density at radius 1 is 0.913 bits per heavy atom. The Labute approximate surface area is 261 Å². The Morgan fingerprint density at radius 2 is 1.52 bits per heavy atom. The summed E-state index contributed by atoms with van der Waals surface area (Å²) in [5.74, 6) is -1.31. The summed E-state index contributed by atoms with van der Waals surface area (Å²) in [6, 6.07) is 7.51. The van der Waals surface area contributed by atoms with Crippen LogP contribution in [0.1, 0.15) is 43.7 Å². The first-order chi connectivity index (χ1) is 21.5. The van der Waals surface area contributed by atoms with Crippen LogP contribution in [-0.2, 0) is 27.8 Å². The molecule has 0 spiro atoms. The van der Waals surface area contributed by atoms with Gasteiger partial charge in [0, 0.05) is 18.0 Å². The van der Waals surface area contributed by atoms with E-state index in [0.29, 0.717) is 17.1 Å². The molecule has 12 nitrogen and oxygen atoms in total. The maximum Gasteiger partial charge on any atom is 0.534 e. The number of aromatic nitrogens is 1. The zero-order valence-corrected chi connectivity index (χ0v) is 26.8. The van der Waals surface area contributed by atoms with Gasteiger partial charge in [-0.05, 0) is 57.9 Å². The highest BCUT2D eigenvalue weighted by atomic mass is 32.2. The van der Waals surface area contributed by atoms with Crippen LogP contribution in [0.3, 0.4) is 0 Å². The van der Waals surface area contributed by atoms with E-state index in [2.05, 4.69) is 4.18 Å². The molecule has 46 heavy (non-hydrogen) atoms. The average molecular weight is 672 g/mol. The first-order valence-electron chi connectivity index (χ1n) is 13.8. The molecule has 0 saturated heterocycles. The smallest absolute Gasteiger partial charge is 0.493 e. The minimum absolute atomic E-state index is 0.0691. The summed E-state index contributed by atoms with van der Waals surface area (Å²) in [6.45, 7) is 6.83. The number of carbonyl (C=O) groups is 1. The van der Waals surface area contributed by atoms with E-state index in [1.165, 1.54) is 26.4 Å². The summed E-state index contributed by atoms with van der Waals surface area (Å²) in [5.41, 5.74) is -7.79. The largest absolute Gasteiger partial charge is 0.534 e. The predicted molar refractivity (Wildman–Crippen MR) is 160 cm³/mol. The van der Waals surface area contributed by atoms with Gasteiger partial charge in [0.1, 0.15) is 11.1 Å². The fourth-order valence-electron chi connectivity index (χ4n) is 4.76. The molecule has 0 amide bonds. The zero-order valence-electron chi connectivity index (χ0n) is 25.9. The molecule has 2 aromatic heterocycles. The summed E-state index contributed by atoms with van der Waals surface area (Å²) in [5, 5.41) is -0.552. The highest BCUT2D eigenvalue weighted by Gasteiger charge is 2.50. The highest BCUT2D eigenvalue weighted by Crippen LogP contribution is 2.43. The van der Waals surface area contributed by atoms with Crippen molar-refractivity contribution in [2.75, 3.05) is 21.3 Å². The lowest BCUT2D eigenvalue weighted by Gasteiger charge is -2.15. The van der Waals surface area contributed by atoms with Gasteiger partial charge >= 0.3 is 27.2 Å². The van der Waals surface area contributed by atoms with Crippen molar-refractivity contribution in [2.45, 2.75) is 58.4 Å². The number of halogens is 3. The molecule has 16 heteroatoms. The molecular weight excluding hydrogens is 639 g/mol. The van der Waals surface area contributed by atoms with Gasteiger partial charge in [0.25, 0.3) is 0 Å². The molecule has 0 radical (unpaired) electrons. The molecule has 2 heterocycles. The number of rotatable bonds is 12. The van der Waals surface area contributed by atoms with Crippen LogP contribution in [0.25, 0.3) is 21.9 Å². The first kappa shape index (κ1) is 34.3. The summed E-state index contributed by atoms with van der Waals surface area (Å²) in [7, 11) is -2.65. The zero-order chi connectivity index (χ0) is 34.1. The van der Waals surface area contributed by atoms with E-state index in [-0.39, 0.29) is 47.6 Å². The number of nitrogens with zero attached hydrogens (tertiary/aromatic N) is 1. The summed E-state index contributed by atoms with van der Waals surface area (Å²) in [6.07, 6.45) is -0.492. The normalized spacial score (nSPS) is 12.2. The molecule has 0 bridgehead atoms. The minimum Gasteiger partial charge on any atom is -0.493 e. The molecule has 4 rings (SSSR count). The third kappa shape index (κ3) is 6.66. The number of hydrogen-bond donors (Lipinski definition) is 0. The lowest BCUT2D eigenvalue weighted by atomic mass is 10.1.